The number of fused-ring (bicyclic) bond motifs is 1. The molecule has 0 radical (unpaired) electrons. The summed E-state index contributed by atoms with van der Waals surface area (Å²) >= 11 is 0. The topological polar surface area (TPSA) is 105 Å². The van der Waals surface area contributed by atoms with Crippen molar-refractivity contribution in [2.24, 2.45) is 0 Å². The van der Waals surface area contributed by atoms with Gasteiger partial charge in [-0.15, -0.1) is 0 Å². The molecule has 4 rings (SSSR count). The summed E-state index contributed by atoms with van der Waals surface area (Å²) in [4.78, 5) is 26.8. The van der Waals surface area contributed by atoms with Crippen LogP contribution in [-0.2, 0) is 11.3 Å². The Balaban J connectivity index is 1.50. The van der Waals surface area contributed by atoms with E-state index in [1.54, 1.807) is 42.7 Å². The number of furan rings is 1. The summed E-state index contributed by atoms with van der Waals surface area (Å²) in [5.41, 5.74) is 1.66. The second-order valence-electron chi connectivity index (χ2n) is 6.07. The molecule has 0 bridgehead atoms. The van der Waals surface area contributed by atoms with Crippen molar-refractivity contribution in [2.45, 2.75) is 6.61 Å². The molecule has 8 nitrogen and oxygen atoms in total. The van der Waals surface area contributed by atoms with Crippen molar-refractivity contribution in [1.29, 1.82) is 0 Å². The minimum Gasteiger partial charge on any atom is -0.457 e. The first kappa shape index (κ1) is 18.2. The molecule has 2 aromatic carbocycles. The van der Waals surface area contributed by atoms with Crippen molar-refractivity contribution in [3.8, 4) is 16.9 Å². The Morgan fingerprint density at radius 2 is 1.93 bits per heavy atom. The molecule has 0 atom stereocenters. The standard InChI is InChI=1S/C21H14N2O6/c24-21(27-13-17-10-15-4-1-2-6-19(15)28-17)29-20-11-14(7-8-18(20)23(25)26)16-5-3-9-22-12-16/h1-12H,13H2. The van der Waals surface area contributed by atoms with Crippen LogP contribution in [0, 0.1) is 10.1 Å². The highest BCUT2D eigenvalue weighted by Crippen LogP contribution is 2.32. The molecule has 4 aromatic rings. The lowest BCUT2D eigenvalue weighted by Crippen LogP contribution is -2.11. The first-order valence-corrected chi connectivity index (χ1v) is 8.61. The summed E-state index contributed by atoms with van der Waals surface area (Å²) in [5.74, 6) is 0.215. The number of nitrogens with zero attached hydrogens (tertiary/aromatic N) is 2. The van der Waals surface area contributed by atoms with E-state index >= 15 is 0 Å². The zero-order chi connectivity index (χ0) is 20.2. The van der Waals surface area contributed by atoms with Crippen LogP contribution in [0.4, 0.5) is 10.5 Å². The fourth-order valence-corrected chi connectivity index (χ4v) is 2.82. The van der Waals surface area contributed by atoms with Crippen LogP contribution in [0.25, 0.3) is 22.1 Å². The number of hydrogen-bond donors (Lipinski definition) is 0. The second-order valence-corrected chi connectivity index (χ2v) is 6.07. The molecule has 0 saturated heterocycles. The number of rotatable bonds is 5. The van der Waals surface area contributed by atoms with Crippen LogP contribution in [0.15, 0.2) is 77.5 Å². The molecule has 0 fully saturated rings. The number of hydrogen-bond acceptors (Lipinski definition) is 7. The Kier molecular flexibility index (Phi) is 4.90. The van der Waals surface area contributed by atoms with Crippen molar-refractivity contribution >= 4 is 22.8 Å². The van der Waals surface area contributed by atoms with Crippen LogP contribution >= 0.6 is 0 Å². The van der Waals surface area contributed by atoms with Crippen molar-refractivity contribution < 1.29 is 23.6 Å². The summed E-state index contributed by atoms with van der Waals surface area (Å²) in [7, 11) is 0. The third-order valence-electron chi connectivity index (χ3n) is 4.15. The molecule has 2 aromatic heterocycles. The third-order valence-corrected chi connectivity index (χ3v) is 4.15. The highest BCUT2D eigenvalue weighted by Gasteiger charge is 2.20. The minimum absolute atomic E-state index is 0.163. The maximum absolute atomic E-state index is 12.1. The van der Waals surface area contributed by atoms with Crippen LogP contribution in [0.1, 0.15) is 5.76 Å². The molecule has 0 aliphatic rings. The van der Waals surface area contributed by atoms with Crippen LogP contribution in [0.5, 0.6) is 5.75 Å². The highest BCUT2D eigenvalue weighted by atomic mass is 16.7. The number of ether oxygens (including phenoxy) is 2. The lowest BCUT2D eigenvalue weighted by atomic mass is 10.1. The van der Waals surface area contributed by atoms with Gasteiger partial charge >= 0.3 is 11.8 Å². The molecule has 0 unspecified atom stereocenters. The van der Waals surface area contributed by atoms with Crippen LogP contribution in [0.3, 0.4) is 0 Å². The Morgan fingerprint density at radius 3 is 2.69 bits per heavy atom. The number of carbonyl (C=O) groups excluding carboxylic acids is 1. The smallest absolute Gasteiger partial charge is 0.457 e. The number of nitro benzene ring substituents is 1. The first-order valence-electron chi connectivity index (χ1n) is 8.61. The van der Waals surface area contributed by atoms with E-state index in [0.717, 1.165) is 10.9 Å². The minimum atomic E-state index is -1.07. The Labute approximate surface area is 164 Å². The predicted octanol–water partition coefficient (Wildman–Crippen LogP) is 5.12. The van der Waals surface area contributed by atoms with E-state index in [1.165, 1.54) is 12.1 Å². The number of aromatic nitrogens is 1. The second kappa shape index (κ2) is 7.81. The fourth-order valence-electron chi connectivity index (χ4n) is 2.82. The average Bonchev–Trinajstić information content (AvgIpc) is 3.16. The monoisotopic (exact) mass is 390 g/mol. The molecule has 29 heavy (non-hydrogen) atoms. The maximum Gasteiger partial charge on any atom is 0.514 e. The predicted molar refractivity (Wildman–Crippen MR) is 103 cm³/mol. The molecule has 0 aliphatic carbocycles. The maximum atomic E-state index is 12.1. The number of nitro groups is 1. The van der Waals surface area contributed by atoms with Gasteiger partial charge in [0.15, 0.2) is 6.61 Å². The van der Waals surface area contributed by atoms with E-state index in [9.17, 15) is 14.9 Å². The number of carbonyl (C=O) groups is 1. The van der Waals surface area contributed by atoms with Gasteiger partial charge in [-0.25, -0.2) is 4.79 Å². The van der Waals surface area contributed by atoms with Gasteiger partial charge in [0.25, 0.3) is 0 Å². The van der Waals surface area contributed by atoms with Gasteiger partial charge in [-0.2, -0.15) is 0 Å². The Hall–Kier alpha value is -4.20. The molecular weight excluding hydrogens is 376 g/mol. The molecule has 0 saturated carbocycles. The van der Waals surface area contributed by atoms with Crippen LogP contribution < -0.4 is 4.74 Å². The number of benzene rings is 2. The average molecular weight is 390 g/mol. The molecule has 0 N–H and O–H groups in total. The fraction of sp³-hybridized carbons (Fsp3) is 0.0476. The van der Waals surface area contributed by atoms with Crippen LogP contribution in [0.2, 0.25) is 0 Å². The Morgan fingerprint density at radius 1 is 1.07 bits per heavy atom. The van der Waals surface area contributed by atoms with E-state index in [0.29, 0.717) is 16.9 Å². The molecule has 0 aliphatic heterocycles. The summed E-state index contributed by atoms with van der Waals surface area (Å²) < 4.78 is 15.7. The molecule has 8 heteroatoms. The zero-order valence-electron chi connectivity index (χ0n) is 15.0. The largest absolute Gasteiger partial charge is 0.514 e. The first-order chi connectivity index (χ1) is 14.1. The zero-order valence-corrected chi connectivity index (χ0v) is 15.0. The van der Waals surface area contributed by atoms with Crippen LogP contribution in [-0.4, -0.2) is 16.1 Å². The van der Waals surface area contributed by atoms with Gasteiger partial charge in [-0.3, -0.25) is 15.1 Å². The van der Waals surface area contributed by atoms with Crippen molar-refractivity contribution in [3.63, 3.8) is 0 Å². The van der Waals surface area contributed by atoms with Gasteiger partial charge in [0.2, 0.25) is 5.75 Å². The quantitative estimate of drug-likeness (QED) is 0.202. The lowest BCUT2D eigenvalue weighted by Gasteiger charge is -2.07. The van der Waals surface area contributed by atoms with E-state index in [-0.39, 0.29) is 18.0 Å². The van der Waals surface area contributed by atoms with Gasteiger partial charge in [-0.1, -0.05) is 24.3 Å². The molecule has 0 amide bonds. The van der Waals surface area contributed by atoms with E-state index < -0.39 is 11.1 Å². The summed E-state index contributed by atoms with van der Waals surface area (Å²) in [5, 5.41) is 12.2. The number of para-hydroxylation sites is 1. The Bertz CT molecular complexity index is 1150. The van der Waals surface area contributed by atoms with Gasteiger partial charge in [0, 0.05) is 29.4 Å². The summed E-state index contributed by atoms with van der Waals surface area (Å²) in [6.07, 6.45) is 2.14. The van der Waals surface area contributed by atoms with Gasteiger partial charge in [0.05, 0.1) is 4.92 Å². The van der Waals surface area contributed by atoms with Crippen molar-refractivity contribution in [2.75, 3.05) is 0 Å². The van der Waals surface area contributed by atoms with Crippen molar-refractivity contribution in [3.05, 3.63) is 88.9 Å². The molecule has 144 valence electrons. The summed E-state index contributed by atoms with van der Waals surface area (Å²) in [6.45, 7) is -0.163. The normalized spacial score (nSPS) is 10.6. The number of pyridine rings is 1. The summed E-state index contributed by atoms with van der Waals surface area (Å²) in [6, 6.07) is 16.9. The van der Waals surface area contributed by atoms with Gasteiger partial charge in [0.1, 0.15) is 11.3 Å². The highest BCUT2D eigenvalue weighted by molar-refractivity contribution is 5.77. The third kappa shape index (κ3) is 4.06. The van der Waals surface area contributed by atoms with Gasteiger partial charge < -0.3 is 13.9 Å². The SMILES string of the molecule is O=C(OCc1cc2ccccc2o1)Oc1cc(-c2cccnc2)ccc1[N+](=O)[O-]. The molecular formula is C21H14N2O6. The molecule has 2 heterocycles. The van der Waals surface area contributed by atoms with E-state index in [1.807, 2.05) is 18.2 Å². The van der Waals surface area contributed by atoms with Gasteiger partial charge in [-0.05, 0) is 35.9 Å². The van der Waals surface area contributed by atoms with E-state index in [2.05, 4.69) is 4.98 Å². The molecule has 0 spiro atoms. The van der Waals surface area contributed by atoms with E-state index in [4.69, 9.17) is 13.9 Å². The van der Waals surface area contributed by atoms with Crippen molar-refractivity contribution in [1.82, 2.24) is 4.98 Å². The lowest BCUT2D eigenvalue weighted by molar-refractivity contribution is -0.385.